The Kier molecular flexibility index (Phi) is 6.21. The first kappa shape index (κ1) is 19.1. The highest BCUT2D eigenvalue weighted by Gasteiger charge is 2.19. The number of rotatable bonds is 6. The summed E-state index contributed by atoms with van der Waals surface area (Å²) in [6, 6.07) is 15.4. The smallest absolute Gasteiger partial charge is 0.338 e. The fourth-order valence-corrected chi connectivity index (χ4v) is 3.36. The van der Waals surface area contributed by atoms with Crippen LogP contribution in [0.5, 0.6) is 0 Å². The number of carbonyl (C=O) groups is 2. The van der Waals surface area contributed by atoms with Crippen LogP contribution in [0.15, 0.2) is 66.0 Å². The van der Waals surface area contributed by atoms with Crippen molar-refractivity contribution in [3.8, 4) is 0 Å². The zero-order valence-electron chi connectivity index (χ0n) is 14.0. The van der Waals surface area contributed by atoms with E-state index in [9.17, 15) is 14.0 Å². The van der Waals surface area contributed by atoms with Gasteiger partial charge in [-0.05, 0) is 53.4 Å². The van der Waals surface area contributed by atoms with E-state index in [1.165, 1.54) is 35.6 Å². The highest BCUT2D eigenvalue weighted by Crippen LogP contribution is 2.26. The maximum atomic E-state index is 13.2. The van der Waals surface area contributed by atoms with Gasteiger partial charge in [-0.3, -0.25) is 4.79 Å². The number of hydrogen-bond acceptors (Lipinski definition) is 4. The van der Waals surface area contributed by atoms with Crippen molar-refractivity contribution in [1.29, 1.82) is 0 Å². The van der Waals surface area contributed by atoms with Crippen LogP contribution in [0, 0.1) is 5.82 Å². The molecule has 27 heavy (non-hydrogen) atoms. The van der Waals surface area contributed by atoms with Crippen molar-refractivity contribution in [1.82, 2.24) is 5.32 Å². The van der Waals surface area contributed by atoms with Crippen LogP contribution >= 0.6 is 22.9 Å². The van der Waals surface area contributed by atoms with Gasteiger partial charge in [0, 0.05) is 9.90 Å². The topological polar surface area (TPSA) is 55.4 Å². The molecule has 4 nitrogen and oxygen atoms in total. The van der Waals surface area contributed by atoms with Crippen molar-refractivity contribution in [3.63, 3.8) is 0 Å². The molecule has 1 aromatic heterocycles. The standard InChI is InChI=1S/C20H15ClFNO3S/c21-15-7-3-14(4-8-15)20(25)26-12-18(24)23-19(17-2-1-11-27-17)13-5-9-16(22)10-6-13/h1-11,19H,12H2,(H,23,24)/t19-/m1/s1. The minimum absolute atomic E-state index is 0.306. The summed E-state index contributed by atoms with van der Waals surface area (Å²) in [5, 5.41) is 5.21. The minimum Gasteiger partial charge on any atom is -0.452 e. The number of carbonyl (C=O) groups excluding carboxylic acids is 2. The minimum atomic E-state index is -0.615. The van der Waals surface area contributed by atoms with E-state index in [-0.39, 0.29) is 5.82 Å². The van der Waals surface area contributed by atoms with Crippen LogP contribution < -0.4 is 5.32 Å². The summed E-state index contributed by atoms with van der Waals surface area (Å²) in [5.74, 6) is -1.43. The molecule has 0 saturated heterocycles. The number of nitrogens with one attached hydrogen (secondary N) is 1. The van der Waals surface area contributed by atoms with Gasteiger partial charge in [0.15, 0.2) is 6.61 Å². The first-order chi connectivity index (χ1) is 13.0. The third-order valence-corrected chi connectivity index (χ3v) is 4.94. The number of halogens is 2. The monoisotopic (exact) mass is 403 g/mol. The Morgan fingerprint density at radius 1 is 1.07 bits per heavy atom. The number of ether oxygens (including phenoxy) is 1. The maximum Gasteiger partial charge on any atom is 0.338 e. The van der Waals surface area contributed by atoms with Gasteiger partial charge >= 0.3 is 5.97 Å². The molecule has 0 unspecified atom stereocenters. The van der Waals surface area contributed by atoms with Crippen LogP contribution in [0.3, 0.4) is 0 Å². The second kappa shape index (κ2) is 8.79. The van der Waals surface area contributed by atoms with Crippen LogP contribution in [-0.2, 0) is 9.53 Å². The molecule has 3 aromatic rings. The Balaban J connectivity index is 1.65. The molecule has 1 heterocycles. The van der Waals surface area contributed by atoms with E-state index in [1.54, 1.807) is 24.3 Å². The van der Waals surface area contributed by atoms with Crippen molar-refractivity contribution in [2.45, 2.75) is 6.04 Å². The molecule has 1 N–H and O–H groups in total. The van der Waals surface area contributed by atoms with E-state index in [0.29, 0.717) is 10.6 Å². The van der Waals surface area contributed by atoms with Crippen LogP contribution in [0.4, 0.5) is 4.39 Å². The number of thiophene rings is 1. The van der Waals surface area contributed by atoms with Gasteiger partial charge in [0.1, 0.15) is 5.82 Å². The maximum absolute atomic E-state index is 13.2. The lowest BCUT2D eigenvalue weighted by Crippen LogP contribution is -2.32. The third kappa shape index (κ3) is 5.15. The average molecular weight is 404 g/mol. The van der Waals surface area contributed by atoms with E-state index >= 15 is 0 Å². The predicted molar refractivity (Wildman–Crippen MR) is 102 cm³/mol. The molecule has 0 saturated carbocycles. The third-order valence-electron chi connectivity index (χ3n) is 3.75. The highest BCUT2D eigenvalue weighted by molar-refractivity contribution is 7.10. The van der Waals surface area contributed by atoms with Crippen LogP contribution in [0.2, 0.25) is 5.02 Å². The van der Waals surface area contributed by atoms with Gasteiger partial charge in [0.2, 0.25) is 0 Å². The SMILES string of the molecule is O=C(COC(=O)c1ccc(Cl)cc1)N[C@H](c1ccc(F)cc1)c1cccs1. The number of hydrogen-bond donors (Lipinski definition) is 1. The molecule has 0 spiro atoms. The Morgan fingerprint density at radius 3 is 2.41 bits per heavy atom. The average Bonchev–Trinajstić information content (AvgIpc) is 3.20. The zero-order chi connectivity index (χ0) is 19.2. The zero-order valence-corrected chi connectivity index (χ0v) is 15.6. The largest absolute Gasteiger partial charge is 0.452 e. The first-order valence-electron chi connectivity index (χ1n) is 8.04. The molecule has 0 fully saturated rings. The van der Waals surface area contributed by atoms with Gasteiger partial charge in [0.25, 0.3) is 5.91 Å². The molecule has 0 aliphatic rings. The van der Waals surface area contributed by atoms with Crippen molar-refractivity contribution < 1.29 is 18.7 Å². The van der Waals surface area contributed by atoms with E-state index in [4.69, 9.17) is 16.3 Å². The number of esters is 1. The van der Waals surface area contributed by atoms with Crippen molar-refractivity contribution in [3.05, 3.63) is 92.9 Å². The van der Waals surface area contributed by atoms with Crippen LogP contribution in [0.1, 0.15) is 26.8 Å². The number of benzene rings is 2. The molecule has 138 valence electrons. The number of amides is 1. The van der Waals surface area contributed by atoms with Gasteiger partial charge in [-0.15, -0.1) is 11.3 Å². The molecule has 7 heteroatoms. The molecule has 0 radical (unpaired) electrons. The van der Waals surface area contributed by atoms with Gasteiger partial charge in [-0.2, -0.15) is 0 Å². The van der Waals surface area contributed by atoms with E-state index < -0.39 is 24.5 Å². The van der Waals surface area contributed by atoms with Gasteiger partial charge < -0.3 is 10.1 Å². The van der Waals surface area contributed by atoms with Gasteiger partial charge in [-0.25, -0.2) is 9.18 Å². The van der Waals surface area contributed by atoms with Gasteiger partial charge in [0.05, 0.1) is 11.6 Å². The summed E-state index contributed by atoms with van der Waals surface area (Å²) >= 11 is 7.25. The van der Waals surface area contributed by atoms with E-state index in [2.05, 4.69) is 5.32 Å². The highest BCUT2D eigenvalue weighted by atomic mass is 35.5. The Hall–Kier alpha value is -2.70. The van der Waals surface area contributed by atoms with Crippen molar-refractivity contribution >= 4 is 34.8 Å². The van der Waals surface area contributed by atoms with Gasteiger partial charge in [-0.1, -0.05) is 29.8 Å². The molecule has 3 rings (SSSR count). The first-order valence-corrected chi connectivity index (χ1v) is 9.29. The fraction of sp³-hybridized carbons (Fsp3) is 0.100. The van der Waals surface area contributed by atoms with E-state index in [1.807, 2.05) is 17.5 Å². The summed E-state index contributed by atoms with van der Waals surface area (Å²) in [5.41, 5.74) is 1.04. The Labute approximate surface area is 164 Å². The molecule has 0 aliphatic heterocycles. The predicted octanol–water partition coefficient (Wildman–Crippen LogP) is 4.60. The second-order valence-corrected chi connectivity index (χ2v) is 7.07. The normalized spacial score (nSPS) is 11.6. The summed E-state index contributed by atoms with van der Waals surface area (Å²) in [4.78, 5) is 25.2. The summed E-state index contributed by atoms with van der Waals surface area (Å²) in [6.45, 7) is -0.426. The second-order valence-electron chi connectivity index (χ2n) is 5.65. The van der Waals surface area contributed by atoms with Crippen molar-refractivity contribution in [2.75, 3.05) is 6.61 Å². The lowest BCUT2D eigenvalue weighted by molar-refractivity contribution is -0.124. The van der Waals surface area contributed by atoms with E-state index in [0.717, 1.165) is 10.4 Å². The summed E-state index contributed by atoms with van der Waals surface area (Å²) < 4.78 is 18.3. The summed E-state index contributed by atoms with van der Waals surface area (Å²) in [6.07, 6.45) is 0. The van der Waals surface area contributed by atoms with Crippen molar-refractivity contribution in [2.24, 2.45) is 0 Å². The quantitative estimate of drug-likeness (QED) is 0.612. The fourth-order valence-electron chi connectivity index (χ4n) is 2.43. The molecule has 1 amide bonds. The Bertz CT molecular complexity index is 911. The lowest BCUT2D eigenvalue weighted by atomic mass is 10.1. The molecule has 0 bridgehead atoms. The molecular weight excluding hydrogens is 389 g/mol. The molecule has 0 aliphatic carbocycles. The van der Waals surface area contributed by atoms with Crippen LogP contribution in [0.25, 0.3) is 0 Å². The molecule has 1 atom stereocenters. The Morgan fingerprint density at radius 2 is 1.78 bits per heavy atom. The molecule has 2 aromatic carbocycles. The van der Waals surface area contributed by atoms with Crippen LogP contribution in [-0.4, -0.2) is 18.5 Å². The summed E-state index contributed by atoms with van der Waals surface area (Å²) in [7, 11) is 0. The lowest BCUT2D eigenvalue weighted by Gasteiger charge is -2.18. The molecular formula is C20H15ClFNO3S.